The van der Waals surface area contributed by atoms with Gasteiger partial charge in [-0.05, 0) is 31.5 Å². The number of allylic oxidation sites excluding steroid dienone is 1. The summed E-state index contributed by atoms with van der Waals surface area (Å²) in [6.45, 7) is 4.31. The third kappa shape index (κ3) is 4.66. The van der Waals surface area contributed by atoms with E-state index in [-0.39, 0.29) is 5.91 Å². The van der Waals surface area contributed by atoms with E-state index in [2.05, 4.69) is 5.32 Å². The van der Waals surface area contributed by atoms with Crippen LogP contribution < -0.4 is 5.32 Å². The average Bonchev–Trinajstić information content (AvgIpc) is 2.16. The van der Waals surface area contributed by atoms with Gasteiger partial charge in [-0.25, -0.2) is 0 Å². The molecule has 0 aromatic heterocycles. The molecule has 0 fully saturated rings. The lowest BCUT2D eigenvalue weighted by molar-refractivity contribution is -0.116. The van der Waals surface area contributed by atoms with E-state index >= 15 is 0 Å². The molecule has 1 N–H and O–H groups in total. The van der Waals surface area contributed by atoms with Crippen LogP contribution in [0.2, 0.25) is 5.02 Å². The molecule has 3 heteroatoms. The third-order valence-corrected chi connectivity index (χ3v) is 2.05. The largest absolute Gasteiger partial charge is 0.348 e. The highest BCUT2D eigenvalue weighted by molar-refractivity contribution is 6.30. The minimum absolute atomic E-state index is 0.0649. The van der Waals surface area contributed by atoms with Gasteiger partial charge in [0.15, 0.2) is 0 Å². The summed E-state index contributed by atoms with van der Waals surface area (Å²) in [7, 11) is 0. The molecule has 1 aromatic rings. The van der Waals surface area contributed by atoms with Crippen LogP contribution in [0.4, 0.5) is 0 Å². The van der Waals surface area contributed by atoms with Gasteiger partial charge in [-0.3, -0.25) is 4.79 Å². The molecule has 1 amide bonds. The summed E-state index contributed by atoms with van der Waals surface area (Å²) in [5.41, 5.74) is 2.03. The molecule has 15 heavy (non-hydrogen) atoms. The Kier molecular flexibility index (Phi) is 4.37. The van der Waals surface area contributed by atoms with Gasteiger partial charge in [0.05, 0.1) is 0 Å². The Labute approximate surface area is 94.9 Å². The highest BCUT2D eigenvalue weighted by atomic mass is 35.5. The summed E-state index contributed by atoms with van der Waals surface area (Å²) in [5.74, 6) is -0.0649. The van der Waals surface area contributed by atoms with Crippen LogP contribution in [0.25, 0.3) is 0 Å². The van der Waals surface area contributed by atoms with Gasteiger partial charge in [0.2, 0.25) is 5.91 Å². The molecular weight excluding hydrogens is 210 g/mol. The van der Waals surface area contributed by atoms with Crippen LogP contribution >= 0.6 is 11.6 Å². The number of hydrogen-bond donors (Lipinski definition) is 1. The van der Waals surface area contributed by atoms with Gasteiger partial charge >= 0.3 is 0 Å². The Morgan fingerprint density at radius 3 is 2.47 bits per heavy atom. The SMILES string of the molecule is CC(C)=CC(=O)NCc1ccc(Cl)cc1. The van der Waals surface area contributed by atoms with Crippen molar-refractivity contribution < 1.29 is 4.79 Å². The van der Waals surface area contributed by atoms with E-state index in [4.69, 9.17) is 11.6 Å². The van der Waals surface area contributed by atoms with E-state index in [0.717, 1.165) is 11.1 Å². The van der Waals surface area contributed by atoms with Crippen LogP contribution in [0, 0.1) is 0 Å². The summed E-state index contributed by atoms with van der Waals surface area (Å²) in [6, 6.07) is 7.41. The van der Waals surface area contributed by atoms with Gasteiger partial charge in [0, 0.05) is 17.6 Å². The lowest BCUT2D eigenvalue weighted by atomic mass is 10.2. The number of benzene rings is 1. The molecule has 0 radical (unpaired) electrons. The van der Waals surface area contributed by atoms with Crippen LogP contribution in [0.3, 0.4) is 0 Å². The first kappa shape index (κ1) is 11.8. The second-order valence-electron chi connectivity index (χ2n) is 3.57. The predicted octanol–water partition coefficient (Wildman–Crippen LogP) is 2.92. The first-order valence-electron chi connectivity index (χ1n) is 4.75. The summed E-state index contributed by atoms with van der Waals surface area (Å²) < 4.78 is 0. The molecule has 0 saturated carbocycles. The van der Waals surface area contributed by atoms with Crippen molar-refractivity contribution in [1.82, 2.24) is 5.32 Å². The molecule has 1 aromatic carbocycles. The van der Waals surface area contributed by atoms with Crippen LogP contribution in [-0.4, -0.2) is 5.91 Å². The standard InChI is InChI=1S/C12H14ClNO/c1-9(2)7-12(15)14-8-10-3-5-11(13)6-4-10/h3-7H,8H2,1-2H3,(H,14,15). The molecule has 80 valence electrons. The Bertz CT molecular complexity index is 364. The van der Waals surface area contributed by atoms with Crippen molar-refractivity contribution in [2.24, 2.45) is 0 Å². The molecule has 0 bridgehead atoms. The second-order valence-corrected chi connectivity index (χ2v) is 4.00. The van der Waals surface area contributed by atoms with Crippen molar-refractivity contribution in [2.45, 2.75) is 20.4 Å². The number of rotatable bonds is 3. The van der Waals surface area contributed by atoms with Crippen molar-refractivity contribution >= 4 is 17.5 Å². The van der Waals surface area contributed by atoms with E-state index in [9.17, 15) is 4.79 Å². The van der Waals surface area contributed by atoms with Crippen molar-refractivity contribution in [1.29, 1.82) is 0 Å². The number of hydrogen-bond acceptors (Lipinski definition) is 1. The normalized spacial score (nSPS) is 9.53. The summed E-state index contributed by atoms with van der Waals surface area (Å²) >= 11 is 5.75. The number of carbonyl (C=O) groups is 1. The van der Waals surface area contributed by atoms with Crippen molar-refractivity contribution in [2.75, 3.05) is 0 Å². The molecule has 0 saturated heterocycles. The fourth-order valence-corrected chi connectivity index (χ4v) is 1.23. The molecule has 0 aliphatic carbocycles. The van der Waals surface area contributed by atoms with Gasteiger partial charge in [-0.15, -0.1) is 0 Å². The minimum Gasteiger partial charge on any atom is -0.348 e. The molecule has 0 unspecified atom stereocenters. The summed E-state index contributed by atoms with van der Waals surface area (Å²) in [5, 5.41) is 3.49. The van der Waals surface area contributed by atoms with E-state index in [1.807, 2.05) is 38.1 Å². The lowest BCUT2D eigenvalue weighted by Crippen LogP contribution is -2.20. The van der Waals surface area contributed by atoms with Crippen LogP contribution in [0.5, 0.6) is 0 Å². The van der Waals surface area contributed by atoms with Gasteiger partial charge in [-0.1, -0.05) is 29.3 Å². The number of halogens is 1. The Balaban J connectivity index is 2.47. The summed E-state index contributed by atoms with van der Waals surface area (Å²) in [4.78, 5) is 11.3. The zero-order valence-electron chi connectivity index (χ0n) is 8.88. The highest BCUT2D eigenvalue weighted by Gasteiger charge is 1.97. The van der Waals surface area contributed by atoms with Gasteiger partial charge in [0.25, 0.3) is 0 Å². The molecular formula is C12H14ClNO. The zero-order valence-corrected chi connectivity index (χ0v) is 9.64. The Morgan fingerprint density at radius 2 is 1.93 bits per heavy atom. The van der Waals surface area contributed by atoms with Gasteiger partial charge in [-0.2, -0.15) is 0 Å². The van der Waals surface area contributed by atoms with E-state index in [1.165, 1.54) is 0 Å². The maximum absolute atomic E-state index is 11.3. The fourth-order valence-electron chi connectivity index (χ4n) is 1.10. The minimum atomic E-state index is -0.0649. The predicted molar refractivity (Wildman–Crippen MR) is 62.7 cm³/mol. The molecule has 2 nitrogen and oxygen atoms in total. The van der Waals surface area contributed by atoms with Crippen molar-refractivity contribution in [3.8, 4) is 0 Å². The van der Waals surface area contributed by atoms with Crippen molar-refractivity contribution in [3.05, 3.63) is 46.5 Å². The first-order valence-corrected chi connectivity index (χ1v) is 5.13. The van der Waals surface area contributed by atoms with Crippen LogP contribution in [-0.2, 0) is 11.3 Å². The van der Waals surface area contributed by atoms with Gasteiger partial charge < -0.3 is 5.32 Å². The third-order valence-electron chi connectivity index (χ3n) is 1.80. The average molecular weight is 224 g/mol. The maximum Gasteiger partial charge on any atom is 0.244 e. The Hall–Kier alpha value is -1.28. The molecule has 0 aliphatic heterocycles. The monoisotopic (exact) mass is 223 g/mol. The number of amides is 1. The second kappa shape index (κ2) is 5.56. The fraction of sp³-hybridized carbons (Fsp3) is 0.250. The van der Waals surface area contributed by atoms with E-state index in [0.29, 0.717) is 11.6 Å². The topological polar surface area (TPSA) is 29.1 Å². The Morgan fingerprint density at radius 1 is 1.33 bits per heavy atom. The highest BCUT2D eigenvalue weighted by Crippen LogP contribution is 2.09. The van der Waals surface area contributed by atoms with Gasteiger partial charge in [0.1, 0.15) is 0 Å². The number of carbonyl (C=O) groups excluding carboxylic acids is 1. The maximum atomic E-state index is 11.3. The molecule has 0 atom stereocenters. The molecule has 0 heterocycles. The zero-order chi connectivity index (χ0) is 11.3. The smallest absolute Gasteiger partial charge is 0.244 e. The molecule has 1 rings (SSSR count). The lowest BCUT2D eigenvalue weighted by Gasteiger charge is -2.02. The van der Waals surface area contributed by atoms with Crippen LogP contribution in [0.15, 0.2) is 35.9 Å². The van der Waals surface area contributed by atoms with Crippen molar-refractivity contribution in [3.63, 3.8) is 0 Å². The quantitative estimate of drug-likeness (QED) is 0.785. The molecule has 0 aliphatic rings. The van der Waals surface area contributed by atoms with Crippen LogP contribution in [0.1, 0.15) is 19.4 Å². The number of nitrogens with one attached hydrogen (secondary N) is 1. The van der Waals surface area contributed by atoms with E-state index in [1.54, 1.807) is 6.08 Å². The van der Waals surface area contributed by atoms with E-state index < -0.39 is 0 Å². The summed E-state index contributed by atoms with van der Waals surface area (Å²) in [6.07, 6.45) is 1.58. The molecule has 0 spiro atoms. The first-order chi connectivity index (χ1) is 7.08.